The van der Waals surface area contributed by atoms with Crippen LogP contribution in [-0.2, 0) is 30.1 Å². The van der Waals surface area contributed by atoms with Gasteiger partial charge in [-0.1, -0.05) is 24.3 Å². The van der Waals surface area contributed by atoms with Crippen LogP contribution in [0.1, 0.15) is 11.1 Å². The molecule has 0 aliphatic carbocycles. The number of aromatic nitrogens is 2. The molecule has 0 bridgehead atoms. The Hall–Kier alpha value is -1.70. The van der Waals surface area contributed by atoms with Crippen LogP contribution >= 0.6 is 0 Å². The van der Waals surface area contributed by atoms with Gasteiger partial charge in [-0.3, -0.25) is 4.68 Å². The average molecular weight is 295 g/mol. The molecule has 1 aromatic heterocycles. The molecule has 108 valence electrons. The van der Waals surface area contributed by atoms with Gasteiger partial charge in [-0.15, -0.1) is 0 Å². The molecule has 1 aromatic carbocycles. The molecule has 1 heterocycles. The van der Waals surface area contributed by atoms with Gasteiger partial charge in [-0.05, 0) is 17.5 Å². The first-order chi connectivity index (χ1) is 9.51. The van der Waals surface area contributed by atoms with Crippen molar-refractivity contribution in [3.8, 4) is 0 Å². The molecule has 0 saturated carbocycles. The number of hydrogen-bond acceptors (Lipinski definition) is 4. The van der Waals surface area contributed by atoms with E-state index in [0.717, 1.165) is 11.1 Å². The first-order valence-electron chi connectivity index (χ1n) is 6.18. The molecule has 0 fully saturated rings. The van der Waals surface area contributed by atoms with Crippen molar-refractivity contribution in [1.82, 2.24) is 14.5 Å². The number of nitrogens with one attached hydrogen (secondary N) is 1. The predicted molar refractivity (Wildman–Crippen MR) is 74.5 cm³/mol. The minimum absolute atomic E-state index is 0.00785. The fraction of sp³-hybridized carbons (Fsp3) is 0.308. The Kier molecular flexibility index (Phi) is 4.53. The average Bonchev–Trinajstić information content (AvgIpc) is 2.87. The molecule has 0 radical (unpaired) electrons. The summed E-state index contributed by atoms with van der Waals surface area (Å²) in [5.74, 6) is 0. The summed E-state index contributed by atoms with van der Waals surface area (Å²) < 4.78 is 27.9. The molecule has 0 aliphatic rings. The van der Waals surface area contributed by atoms with Gasteiger partial charge in [0.2, 0.25) is 10.0 Å². The fourth-order valence-corrected chi connectivity index (χ4v) is 2.78. The molecule has 0 atom stereocenters. The number of benzene rings is 1. The van der Waals surface area contributed by atoms with Gasteiger partial charge >= 0.3 is 0 Å². The highest BCUT2D eigenvalue weighted by Gasteiger charge is 2.14. The second-order valence-corrected chi connectivity index (χ2v) is 6.24. The van der Waals surface area contributed by atoms with E-state index in [4.69, 9.17) is 5.11 Å². The number of sulfonamides is 1. The Morgan fingerprint density at radius 1 is 1.25 bits per heavy atom. The zero-order valence-corrected chi connectivity index (χ0v) is 12.0. The van der Waals surface area contributed by atoms with Crippen LogP contribution in [-0.4, -0.2) is 29.8 Å². The summed E-state index contributed by atoms with van der Waals surface area (Å²) in [6.07, 6.45) is 3.36. The zero-order chi connectivity index (χ0) is 14.6. The molecule has 0 unspecified atom stereocenters. The number of aliphatic hydroxyl groups excluding tert-OH is 1. The van der Waals surface area contributed by atoms with E-state index < -0.39 is 10.0 Å². The van der Waals surface area contributed by atoms with Gasteiger partial charge in [-0.25, -0.2) is 13.1 Å². The standard InChI is InChI=1S/C13H17N3O3S/c1-16-9-13(8-14-16)20(18,19)15-7-6-11-2-4-12(10-17)5-3-11/h2-5,8-9,15,17H,6-7,10H2,1H3. The molecule has 0 saturated heterocycles. The van der Waals surface area contributed by atoms with Crippen molar-refractivity contribution >= 4 is 10.0 Å². The van der Waals surface area contributed by atoms with Crippen molar-refractivity contribution < 1.29 is 13.5 Å². The number of nitrogens with zero attached hydrogens (tertiary/aromatic N) is 2. The second-order valence-electron chi connectivity index (χ2n) is 4.47. The summed E-state index contributed by atoms with van der Waals surface area (Å²) in [4.78, 5) is 0.163. The van der Waals surface area contributed by atoms with Gasteiger partial charge in [0.25, 0.3) is 0 Å². The van der Waals surface area contributed by atoms with Crippen LogP contribution < -0.4 is 4.72 Å². The van der Waals surface area contributed by atoms with E-state index in [1.807, 2.05) is 24.3 Å². The van der Waals surface area contributed by atoms with Crippen LogP contribution in [0.4, 0.5) is 0 Å². The van der Waals surface area contributed by atoms with Crippen molar-refractivity contribution in [3.63, 3.8) is 0 Å². The van der Waals surface area contributed by atoms with Crippen LogP contribution in [0.5, 0.6) is 0 Å². The van der Waals surface area contributed by atoms with E-state index in [1.165, 1.54) is 17.1 Å². The maximum absolute atomic E-state index is 11.9. The van der Waals surface area contributed by atoms with Crippen LogP contribution in [0, 0.1) is 0 Å². The number of aryl methyl sites for hydroxylation is 1. The highest BCUT2D eigenvalue weighted by molar-refractivity contribution is 7.89. The van der Waals surface area contributed by atoms with Crippen molar-refractivity contribution in [2.75, 3.05) is 6.54 Å². The minimum Gasteiger partial charge on any atom is -0.392 e. The summed E-state index contributed by atoms with van der Waals surface area (Å²) in [6.45, 7) is 0.323. The van der Waals surface area contributed by atoms with Crippen LogP contribution in [0.25, 0.3) is 0 Å². The molecule has 7 heteroatoms. The zero-order valence-electron chi connectivity index (χ0n) is 11.2. The molecule has 0 spiro atoms. The summed E-state index contributed by atoms with van der Waals surface area (Å²) in [5, 5.41) is 12.8. The van der Waals surface area contributed by atoms with E-state index in [1.54, 1.807) is 7.05 Å². The van der Waals surface area contributed by atoms with Gasteiger partial charge in [-0.2, -0.15) is 5.10 Å². The third-order valence-corrected chi connectivity index (χ3v) is 4.32. The monoisotopic (exact) mass is 295 g/mol. The molecule has 0 aliphatic heterocycles. The maximum Gasteiger partial charge on any atom is 0.243 e. The van der Waals surface area contributed by atoms with E-state index in [-0.39, 0.29) is 11.5 Å². The minimum atomic E-state index is -3.50. The summed E-state index contributed by atoms with van der Waals surface area (Å²) >= 11 is 0. The quantitative estimate of drug-likeness (QED) is 0.809. The second kappa shape index (κ2) is 6.17. The van der Waals surface area contributed by atoms with E-state index >= 15 is 0 Å². The lowest BCUT2D eigenvalue weighted by atomic mass is 10.1. The first-order valence-corrected chi connectivity index (χ1v) is 7.66. The van der Waals surface area contributed by atoms with Gasteiger partial charge in [0.15, 0.2) is 0 Å². The summed E-state index contributed by atoms with van der Waals surface area (Å²) in [6, 6.07) is 7.41. The third-order valence-electron chi connectivity index (χ3n) is 2.90. The maximum atomic E-state index is 11.9. The Morgan fingerprint density at radius 3 is 2.45 bits per heavy atom. The Balaban J connectivity index is 1.91. The molecular formula is C13H17N3O3S. The molecule has 2 aromatic rings. The van der Waals surface area contributed by atoms with E-state index in [9.17, 15) is 8.42 Å². The molecule has 20 heavy (non-hydrogen) atoms. The number of hydrogen-bond donors (Lipinski definition) is 2. The topological polar surface area (TPSA) is 84.2 Å². The van der Waals surface area contributed by atoms with E-state index in [2.05, 4.69) is 9.82 Å². The molecular weight excluding hydrogens is 278 g/mol. The Bertz CT molecular complexity index is 662. The van der Waals surface area contributed by atoms with Gasteiger partial charge < -0.3 is 5.11 Å². The predicted octanol–water partition coefficient (Wildman–Crippen LogP) is 0.433. The normalized spacial score (nSPS) is 11.7. The summed E-state index contributed by atoms with van der Waals surface area (Å²) in [7, 11) is -1.83. The highest BCUT2D eigenvalue weighted by Crippen LogP contribution is 2.07. The molecule has 2 N–H and O–H groups in total. The Labute approximate surface area is 118 Å². The Morgan fingerprint density at radius 2 is 1.90 bits per heavy atom. The smallest absolute Gasteiger partial charge is 0.243 e. The molecule has 2 rings (SSSR count). The van der Waals surface area contributed by atoms with Crippen molar-refractivity contribution in [1.29, 1.82) is 0 Å². The number of rotatable bonds is 6. The molecule has 6 nitrogen and oxygen atoms in total. The van der Waals surface area contributed by atoms with E-state index in [0.29, 0.717) is 13.0 Å². The highest BCUT2D eigenvalue weighted by atomic mass is 32.2. The molecule has 0 amide bonds. The van der Waals surface area contributed by atoms with Crippen LogP contribution in [0.2, 0.25) is 0 Å². The first kappa shape index (κ1) is 14.7. The fourth-order valence-electron chi connectivity index (χ4n) is 1.76. The summed E-state index contributed by atoms with van der Waals surface area (Å²) in [5.41, 5.74) is 1.85. The van der Waals surface area contributed by atoms with Gasteiger partial charge in [0.1, 0.15) is 4.90 Å². The van der Waals surface area contributed by atoms with Crippen LogP contribution in [0.15, 0.2) is 41.6 Å². The lowest BCUT2D eigenvalue weighted by molar-refractivity contribution is 0.282. The van der Waals surface area contributed by atoms with Crippen molar-refractivity contribution in [3.05, 3.63) is 47.8 Å². The lowest BCUT2D eigenvalue weighted by Gasteiger charge is -2.05. The van der Waals surface area contributed by atoms with Crippen LogP contribution in [0.3, 0.4) is 0 Å². The van der Waals surface area contributed by atoms with Crippen molar-refractivity contribution in [2.45, 2.75) is 17.9 Å². The van der Waals surface area contributed by atoms with Gasteiger partial charge in [0, 0.05) is 19.8 Å². The van der Waals surface area contributed by atoms with Crippen molar-refractivity contribution in [2.24, 2.45) is 7.05 Å². The SMILES string of the molecule is Cn1cc(S(=O)(=O)NCCc2ccc(CO)cc2)cn1. The third kappa shape index (κ3) is 3.66. The lowest BCUT2D eigenvalue weighted by Crippen LogP contribution is -2.25. The largest absolute Gasteiger partial charge is 0.392 e. The number of aliphatic hydroxyl groups is 1. The van der Waals surface area contributed by atoms with Gasteiger partial charge in [0.05, 0.1) is 12.8 Å².